The molecule has 172 valence electrons. The van der Waals surface area contributed by atoms with Crippen LogP contribution in [-0.2, 0) is 17.6 Å². The van der Waals surface area contributed by atoms with Crippen molar-refractivity contribution in [1.82, 2.24) is 19.8 Å². The second-order valence-corrected chi connectivity index (χ2v) is 8.31. The molecule has 2 aliphatic rings. The Bertz CT molecular complexity index is 949. The van der Waals surface area contributed by atoms with Gasteiger partial charge in [-0.3, -0.25) is 14.6 Å². The van der Waals surface area contributed by atoms with E-state index in [0.29, 0.717) is 30.1 Å². The minimum atomic E-state index is -5.08. The Kier molecular flexibility index (Phi) is 7.44. The van der Waals surface area contributed by atoms with Crippen LogP contribution in [0.2, 0.25) is 0 Å². The molecule has 2 amide bonds. The molecule has 1 fully saturated rings. The maximum absolute atomic E-state index is 12.6. The van der Waals surface area contributed by atoms with Crippen molar-refractivity contribution in [3.63, 3.8) is 0 Å². The number of alkyl halides is 3. The molecule has 32 heavy (non-hydrogen) atoms. The summed E-state index contributed by atoms with van der Waals surface area (Å²) in [5.74, 6) is -2.68. The van der Waals surface area contributed by atoms with Crippen LogP contribution in [0.25, 0.3) is 0 Å². The third-order valence-corrected chi connectivity index (χ3v) is 6.17. The number of aliphatic carboxylic acids is 1. The van der Waals surface area contributed by atoms with Crippen molar-refractivity contribution in [3.05, 3.63) is 45.7 Å². The highest BCUT2D eigenvalue weighted by atomic mass is 32.1. The highest BCUT2D eigenvalue weighted by Crippen LogP contribution is 2.25. The molecule has 0 aromatic carbocycles. The van der Waals surface area contributed by atoms with E-state index in [4.69, 9.17) is 9.90 Å². The lowest BCUT2D eigenvalue weighted by molar-refractivity contribution is -0.192. The van der Waals surface area contributed by atoms with Gasteiger partial charge < -0.3 is 14.9 Å². The van der Waals surface area contributed by atoms with E-state index in [9.17, 15) is 22.8 Å². The first kappa shape index (κ1) is 23.6. The third kappa shape index (κ3) is 5.81. The van der Waals surface area contributed by atoms with Gasteiger partial charge in [-0.2, -0.15) is 13.2 Å². The van der Waals surface area contributed by atoms with Crippen molar-refractivity contribution in [2.24, 2.45) is 0 Å². The number of fused-ring (bicyclic) bond motifs is 1. The highest BCUT2D eigenvalue weighted by molar-refractivity contribution is 7.13. The van der Waals surface area contributed by atoms with E-state index in [2.05, 4.69) is 9.97 Å². The first-order valence-electron chi connectivity index (χ1n) is 9.94. The van der Waals surface area contributed by atoms with Crippen molar-refractivity contribution < 1.29 is 32.7 Å². The van der Waals surface area contributed by atoms with E-state index < -0.39 is 12.1 Å². The number of likely N-dealkylation sites (tertiary alicyclic amines) is 1. The molecule has 0 spiro atoms. The number of aromatic nitrogens is 2. The van der Waals surface area contributed by atoms with Gasteiger partial charge in [-0.25, -0.2) is 9.78 Å². The molecule has 12 heteroatoms. The van der Waals surface area contributed by atoms with E-state index in [1.54, 1.807) is 24.5 Å². The van der Waals surface area contributed by atoms with Crippen LogP contribution in [0.1, 0.15) is 43.6 Å². The van der Waals surface area contributed by atoms with Gasteiger partial charge in [0.15, 0.2) is 5.01 Å². The summed E-state index contributed by atoms with van der Waals surface area (Å²) in [7, 11) is 0. The van der Waals surface area contributed by atoms with E-state index in [-0.39, 0.29) is 11.8 Å². The molecule has 0 atom stereocenters. The zero-order valence-electron chi connectivity index (χ0n) is 17.0. The second kappa shape index (κ2) is 10.1. The number of amides is 2. The maximum Gasteiger partial charge on any atom is 0.490 e. The number of carboxylic acid groups (broad SMARTS) is 1. The van der Waals surface area contributed by atoms with Crippen molar-refractivity contribution in [1.29, 1.82) is 0 Å². The monoisotopic (exact) mass is 470 g/mol. The van der Waals surface area contributed by atoms with E-state index in [1.165, 1.54) is 11.3 Å². The van der Waals surface area contributed by atoms with Crippen LogP contribution >= 0.6 is 11.3 Å². The fraction of sp³-hybridized carbons (Fsp3) is 0.450. The lowest BCUT2D eigenvalue weighted by atomic mass is 10.2. The maximum atomic E-state index is 12.6. The molecular formula is C20H21F3N4O4S. The molecule has 0 aliphatic carbocycles. The van der Waals surface area contributed by atoms with Crippen molar-refractivity contribution >= 4 is 29.1 Å². The summed E-state index contributed by atoms with van der Waals surface area (Å²) in [5.41, 5.74) is 1.60. The lowest BCUT2D eigenvalue weighted by Gasteiger charge is -2.20. The Morgan fingerprint density at radius 1 is 1.00 bits per heavy atom. The van der Waals surface area contributed by atoms with Gasteiger partial charge in [-0.1, -0.05) is 0 Å². The van der Waals surface area contributed by atoms with Crippen molar-refractivity contribution in [3.8, 4) is 0 Å². The summed E-state index contributed by atoms with van der Waals surface area (Å²) in [6.45, 7) is 2.97. The van der Waals surface area contributed by atoms with Crippen LogP contribution in [0.3, 0.4) is 0 Å². The molecule has 0 unspecified atom stereocenters. The van der Waals surface area contributed by atoms with E-state index in [1.807, 2.05) is 9.80 Å². The lowest BCUT2D eigenvalue weighted by Crippen LogP contribution is -2.33. The number of halogens is 3. The Morgan fingerprint density at radius 2 is 1.62 bits per heavy atom. The average molecular weight is 470 g/mol. The molecule has 2 aromatic heterocycles. The molecule has 4 rings (SSSR count). The smallest absolute Gasteiger partial charge is 0.475 e. The summed E-state index contributed by atoms with van der Waals surface area (Å²) < 4.78 is 31.7. The third-order valence-electron chi connectivity index (χ3n) is 5.02. The number of carbonyl (C=O) groups excluding carboxylic acids is 2. The average Bonchev–Trinajstić information content (AvgIpc) is 3.40. The van der Waals surface area contributed by atoms with Crippen LogP contribution < -0.4 is 0 Å². The van der Waals surface area contributed by atoms with Gasteiger partial charge in [-0.15, -0.1) is 11.3 Å². The molecule has 0 bridgehead atoms. The zero-order valence-corrected chi connectivity index (χ0v) is 17.8. The van der Waals surface area contributed by atoms with Gasteiger partial charge >= 0.3 is 12.1 Å². The SMILES string of the molecule is O=C(O)C(F)(F)F.O=C(c1cccnc1)N1CCc2nc(C(=O)N3CCCC3)sc2CC1. The van der Waals surface area contributed by atoms with Gasteiger partial charge in [0.2, 0.25) is 0 Å². The summed E-state index contributed by atoms with van der Waals surface area (Å²) >= 11 is 1.50. The molecule has 1 N–H and O–H groups in total. The molecule has 0 radical (unpaired) electrons. The minimum absolute atomic E-state index is 0.0108. The number of thiazole rings is 1. The largest absolute Gasteiger partial charge is 0.490 e. The fourth-order valence-electron chi connectivity index (χ4n) is 3.39. The molecule has 4 heterocycles. The number of nitrogens with zero attached hydrogens (tertiary/aromatic N) is 4. The van der Waals surface area contributed by atoms with Crippen LogP contribution in [0.4, 0.5) is 13.2 Å². The topological polar surface area (TPSA) is 104 Å². The quantitative estimate of drug-likeness (QED) is 0.724. The standard InChI is InChI=1S/C18H20N4O2S.C2HF3O2/c23-17(13-4-3-7-19-12-13)22-10-5-14-15(6-11-22)25-16(20-14)18(24)21-8-1-2-9-21;3-2(4,5)1(6)7/h3-4,7,12H,1-2,5-6,8-11H2;(H,6,7). The molecule has 0 saturated carbocycles. The van der Waals surface area contributed by atoms with Gasteiger partial charge in [-0.05, 0) is 25.0 Å². The predicted molar refractivity (Wildman–Crippen MR) is 108 cm³/mol. The summed E-state index contributed by atoms with van der Waals surface area (Å²) in [4.78, 5) is 47.5. The van der Waals surface area contributed by atoms with Crippen molar-refractivity contribution in [2.75, 3.05) is 26.2 Å². The Hall–Kier alpha value is -3.02. The van der Waals surface area contributed by atoms with Crippen LogP contribution in [0.5, 0.6) is 0 Å². The molecule has 1 saturated heterocycles. The summed E-state index contributed by atoms with van der Waals surface area (Å²) in [6, 6.07) is 3.57. The zero-order chi connectivity index (χ0) is 23.3. The number of carbonyl (C=O) groups is 3. The van der Waals surface area contributed by atoms with Crippen LogP contribution in [0.15, 0.2) is 24.5 Å². The second-order valence-electron chi connectivity index (χ2n) is 7.23. The first-order chi connectivity index (χ1) is 15.2. The first-order valence-corrected chi connectivity index (χ1v) is 10.8. The summed E-state index contributed by atoms with van der Waals surface area (Å²) in [6.07, 6.45) is 1.81. The fourth-order valence-corrected chi connectivity index (χ4v) is 4.45. The van der Waals surface area contributed by atoms with E-state index in [0.717, 1.165) is 42.9 Å². The molecule has 2 aliphatic heterocycles. The number of pyridine rings is 1. The summed E-state index contributed by atoms with van der Waals surface area (Å²) in [5, 5.41) is 7.74. The van der Waals surface area contributed by atoms with Gasteiger partial charge in [0.25, 0.3) is 11.8 Å². The van der Waals surface area contributed by atoms with Crippen LogP contribution in [0, 0.1) is 0 Å². The Morgan fingerprint density at radius 3 is 2.22 bits per heavy atom. The van der Waals surface area contributed by atoms with Gasteiger partial charge in [0.1, 0.15) is 0 Å². The number of rotatable bonds is 2. The van der Waals surface area contributed by atoms with Gasteiger partial charge in [0, 0.05) is 56.3 Å². The van der Waals surface area contributed by atoms with Crippen molar-refractivity contribution in [2.45, 2.75) is 31.9 Å². The number of carboxylic acids is 1. The Balaban J connectivity index is 0.000000360. The molecule has 2 aromatic rings. The predicted octanol–water partition coefficient (Wildman–Crippen LogP) is 2.65. The minimum Gasteiger partial charge on any atom is -0.475 e. The molecule has 8 nitrogen and oxygen atoms in total. The number of hydrogen-bond donors (Lipinski definition) is 1. The highest BCUT2D eigenvalue weighted by Gasteiger charge is 2.38. The number of hydrogen-bond acceptors (Lipinski definition) is 6. The normalized spacial score (nSPS) is 16.0. The van der Waals surface area contributed by atoms with Gasteiger partial charge in [0.05, 0.1) is 11.3 Å². The van der Waals surface area contributed by atoms with E-state index >= 15 is 0 Å². The molecular weight excluding hydrogens is 449 g/mol. The Labute approximate surface area is 185 Å². The van der Waals surface area contributed by atoms with Crippen LogP contribution in [-0.4, -0.2) is 75.0 Å².